The van der Waals surface area contributed by atoms with Gasteiger partial charge in [0.15, 0.2) is 0 Å². The maximum absolute atomic E-state index is 6.28. The molecule has 622 valence electrons. The fraction of sp³-hybridized carbons (Fsp3) is 0.0323. The van der Waals surface area contributed by atoms with Gasteiger partial charge in [0.05, 0.1) is 22.7 Å². The van der Waals surface area contributed by atoms with Crippen LogP contribution in [0.4, 0.5) is 68.2 Å². The number of hydrogen-bond donors (Lipinski definition) is 0. The van der Waals surface area contributed by atoms with Crippen LogP contribution in [-0.4, -0.2) is 0 Å². The van der Waals surface area contributed by atoms with Crippen LogP contribution in [0.1, 0.15) is 22.3 Å². The highest BCUT2D eigenvalue weighted by atomic mass is 16.3. The summed E-state index contributed by atoms with van der Waals surface area (Å²) in [5.41, 5.74) is 25.7. The standard InChI is InChI=1S/C54H36N2O2.C36H25NO.C34H21NO/c1-33-29-47(55(35-13-5-3-6-14-35)37-21-27-51-45(31-37)41-17-9-11-19-49(41)57-51)43-26-24-40-34(2)30-48(44-25-23-39(33)53(43)54(40)44)56(36-15-7-4-8-16-36)38-22-28-52-46(32-38)42-18-10-12-20-50(42)58-52;1-22-12-13-24-14-16-28-23(2)20-32(30-18-17-27(22)35(24)36(28)30)37(25-8-4-3-5-9-25)26-15-19-34-31(21-26)29-10-6-7-11-33(29)38-34;1-2-9-25(10-3-1)35(26-17-20-32-29(21-26)27-11-4-5-12-31(27)36-32)30-19-16-24-14-13-22-7-6-8-23-15-18-28(30)34(24)33(22)23/h3-32H,1-2H3;3-21H,1-2H3;1-21H. The van der Waals surface area contributed by atoms with Crippen molar-refractivity contribution in [2.24, 2.45) is 0 Å². The zero-order valence-electron chi connectivity index (χ0n) is 72.8. The van der Waals surface area contributed by atoms with Crippen LogP contribution in [0.5, 0.6) is 0 Å². The SMILES string of the molecule is Cc1cc(N(c2ccccc2)c2ccc3oc4ccccc4c3c2)c2ccc3c(C)cc(N(c4ccccc4)c4ccc5oc6ccccc6c5c4)c4ccc1c2c34.Cc1ccc2ccc3c(C)cc(N(c4ccccc4)c4ccc5oc6ccccc6c5c4)c4ccc1c2c34.c1ccc(N(c2ccc3oc4ccccc4c3c2)c2ccc3ccc4cccc5ccc2c3c45)cc1. The van der Waals surface area contributed by atoms with Crippen molar-refractivity contribution in [1.29, 1.82) is 0 Å². The lowest BCUT2D eigenvalue weighted by atomic mass is 9.88. The number of furan rings is 4. The monoisotopic (exact) mass is 1690 g/mol. The van der Waals surface area contributed by atoms with Gasteiger partial charge in [0, 0.05) is 110 Å². The van der Waals surface area contributed by atoms with Gasteiger partial charge in [-0.1, -0.05) is 255 Å². The molecule has 0 N–H and O–H groups in total. The lowest BCUT2D eigenvalue weighted by Gasteiger charge is -2.30. The number of aryl methyl sites for hydroxylation is 4. The van der Waals surface area contributed by atoms with Crippen LogP contribution >= 0.6 is 0 Å². The Kier molecular flexibility index (Phi) is 17.4. The number of fused-ring (bicyclic) bond motifs is 12. The van der Waals surface area contributed by atoms with Crippen molar-refractivity contribution in [3.05, 3.63) is 447 Å². The van der Waals surface area contributed by atoms with Crippen LogP contribution in [0.15, 0.2) is 442 Å². The quantitative estimate of drug-likeness (QED) is 0.112. The van der Waals surface area contributed by atoms with Gasteiger partial charge in [-0.15, -0.1) is 0 Å². The Hall–Kier alpha value is -17.2. The van der Waals surface area contributed by atoms with Gasteiger partial charge in [-0.05, 0) is 295 Å². The zero-order chi connectivity index (χ0) is 87.5. The van der Waals surface area contributed by atoms with Crippen LogP contribution in [0.3, 0.4) is 0 Å². The number of para-hydroxylation sites is 8. The minimum atomic E-state index is 0.885. The maximum Gasteiger partial charge on any atom is 0.135 e. The summed E-state index contributed by atoms with van der Waals surface area (Å²) in [4.78, 5) is 9.59. The van der Waals surface area contributed by atoms with E-state index in [1.165, 1.54) is 131 Å². The van der Waals surface area contributed by atoms with Gasteiger partial charge >= 0.3 is 0 Å². The molecule has 0 aliphatic heterocycles. The summed E-state index contributed by atoms with van der Waals surface area (Å²) in [5, 5.41) is 32.1. The van der Waals surface area contributed by atoms with Gasteiger partial charge < -0.3 is 37.3 Å². The molecule has 8 heteroatoms. The number of nitrogens with zero attached hydrogens (tertiary/aromatic N) is 4. The molecule has 28 rings (SSSR count). The van der Waals surface area contributed by atoms with E-state index in [0.29, 0.717) is 0 Å². The third-order valence-electron chi connectivity index (χ3n) is 27.5. The summed E-state index contributed by atoms with van der Waals surface area (Å²) in [6, 6.07) is 152. The Morgan fingerprint density at radius 1 is 0.136 bits per heavy atom. The fourth-order valence-corrected chi connectivity index (χ4v) is 21.4. The molecule has 0 radical (unpaired) electrons. The molecule has 4 aromatic heterocycles. The molecule has 0 spiro atoms. The molecule has 0 bridgehead atoms. The molecule has 0 amide bonds. The lowest BCUT2D eigenvalue weighted by molar-refractivity contribution is 0.668. The summed E-state index contributed by atoms with van der Waals surface area (Å²) in [5.74, 6) is 0. The van der Waals surface area contributed by atoms with E-state index < -0.39 is 0 Å². The van der Waals surface area contributed by atoms with Crippen LogP contribution < -0.4 is 19.6 Å². The van der Waals surface area contributed by atoms with Crippen LogP contribution in [0.25, 0.3) is 185 Å². The predicted octanol–water partition coefficient (Wildman–Crippen LogP) is 36.5. The predicted molar refractivity (Wildman–Crippen MR) is 557 cm³/mol. The maximum atomic E-state index is 6.28. The molecular weight excluding hydrogens is 1610 g/mol. The number of rotatable bonds is 12. The largest absolute Gasteiger partial charge is 0.456 e. The van der Waals surface area contributed by atoms with E-state index in [1.54, 1.807) is 0 Å². The van der Waals surface area contributed by atoms with E-state index in [1.807, 2.05) is 48.5 Å². The van der Waals surface area contributed by atoms with Crippen molar-refractivity contribution in [2.75, 3.05) is 19.6 Å². The molecule has 28 aromatic rings. The highest BCUT2D eigenvalue weighted by molar-refractivity contribution is 6.31. The smallest absolute Gasteiger partial charge is 0.135 e. The van der Waals surface area contributed by atoms with E-state index >= 15 is 0 Å². The third kappa shape index (κ3) is 12.1. The highest BCUT2D eigenvalue weighted by Gasteiger charge is 2.29. The van der Waals surface area contributed by atoms with E-state index in [2.05, 4.69) is 423 Å². The van der Waals surface area contributed by atoms with Crippen LogP contribution in [-0.2, 0) is 0 Å². The summed E-state index contributed by atoms with van der Waals surface area (Å²) in [6.07, 6.45) is 0. The highest BCUT2D eigenvalue weighted by Crippen LogP contribution is 2.54. The normalized spacial score (nSPS) is 11.9. The molecule has 4 heterocycles. The number of hydrogen-bond acceptors (Lipinski definition) is 8. The number of anilines is 12. The fourth-order valence-electron chi connectivity index (χ4n) is 21.4. The van der Waals surface area contributed by atoms with Crippen molar-refractivity contribution in [3.63, 3.8) is 0 Å². The molecule has 0 aliphatic carbocycles. The lowest BCUT2D eigenvalue weighted by Crippen LogP contribution is -2.12. The van der Waals surface area contributed by atoms with E-state index in [-0.39, 0.29) is 0 Å². The molecule has 8 nitrogen and oxygen atoms in total. The first-order valence-corrected chi connectivity index (χ1v) is 45.2. The van der Waals surface area contributed by atoms with Crippen molar-refractivity contribution < 1.29 is 17.7 Å². The summed E-state index contributed by atoms with van der Waals surface area (Å²) >= 11 is 0. The molecule has 24 aromatic carbocycles. The molecule has 0 saturated heterocycles. The molecule has 0 atom stereocenters. The van der Waals surface area contributed by atoms with Crippen molar-refractivity contribution >= 4 is 253 Å². The van der Waals surface area contributed by atoms with Crippen LogP contribution in [0.2, 0.25) is 0 Å². The minimum absolute atomic E-state index is 0.885. The average molecular weight is 1690 g/mol. The first kappa shape index (κ1) is 76.1. The molecule has 132 heavy (non-hydrogen) atoms. The second-order valence-corrected chi connectivity index (χ2v) is 35.1. The Labute approximate surface area is 759 Å². The van der Waals surface area contributed by atoms with E-state index in [4.69, 9.17) is 17.7 Å². The van der Waals surface area contributed by atoms with Crippen molar-refractivity contribution in [1.82, 2.24) is 0 Å². The van der Waals surface area contributed by atoms with Crippen molar-refractivity contribution in [3.8, 4) is 0 Å². The molecule has 0 unspecified atom stereocenters. The third-order valence-corrected chi connectivity index (χ3v) is 27.5. The summed E-state index contributed by atoms with van der Waals surface area (Å²) in [6.45, 7) is 8.94. The Balaban J connectivity index is 0.000000108. The first-order valence-electron chi connectivity index (χ1n) is 45.2. The van der Waals surface area contributed by atoms with Gasteiger partial charge in [-0.3, -0.25) is 0 Å². The Morgan fingerprint density at radius 3 is 0.735 bits per heavy atom. The summed E-state index contributed by atoms with van der Waals surface area (Å²) < 4.78 is 24.8. The second-order valence-electron chi connectivity index (χ2n) is 35.1. The number of benzene rings is 24. The topological polar surface area (TPSA) is 65.5 Å². The van der Waals surface area contributed by atoms with Gasteiger partial charge in [0.2, 0.25) is 0 Å². The zero-order valence-corrected chi connectivity index (χ0v) is 72.8. The Bertz CT molecular complexity index is 9190. The van der Waals surface area contributed by atoms with Gasteiger partial charge in [0.1, 0.15) is 44.7 Å². The summed E-state index contributed by atoms with van der Waals surface area (Å²) in [7, 11) is 0. The van der Waals surface area contributed by atoms with Crippen molar-refractivity contribution in [2.45, 2.75) is 27.7 Å². The van der Waals surface area contributed by atoms with Crippen LogP contribution in [0, 0.1) is 27.7 Å². The second kappa shape index (κ2) is 30.2. The minimum Gasteiger partial charge on any atom is -0.456 e. The average Bonchev–Trinajstić information content (AvgIpc) is 0.846. The Morgan fingerprint density at radius 2 is 0.379 bits per heavy atom. The van der Waals surface area contributed by atoms with Gasteiger partial charge in [-0.2, -0.15) is 0 Å². The first-order chi connectivity index (χ1) is 65.1. The van der Waals surface area contributed by atoms with Gasteiger partial charge in [0.25, 0.3) is 0 Å². The molecule has 0 aliphatic rings. The molecule has 0 saturated carbocycles. The molecular formula is C124H82N4O4. The molecule has 0 fully saturated rings. The van der Waals surface area contributed by atoms with E-state index in [9.17, 15) is 0 Å². The van der Waals surface area contributed by atoms with Gasteiger partial charge in [-0.25, -0.2) is 0 Å². The van der Waals surface area contributed by atoms with E-state index in [0.717, 1.165) is 145 Å².